The van der Waals surface area contributed by atoms with Crippen LogP contribution in [0.1, 0.15) is 6.92 Å². The monoisotopic (exact) mass is 535 g/mol. The first kappa shape index (κ1) is 21.0. The lowest BCUT2D eigenvalue weighted by Gasteiger charge is -1.99. The van der Waals surface area contributed by atoms with Crippen LogP contribution in [0.15, 0.2) is 48.5 Å². The number of nitrogen functional groups attached to an aromatic ring is 1. The van der Waals surface area contributed by atoms with E-state index in [1.54, 1.807) is 0 Å². The minimum absolute atomic E-state index is 0.0359. The minimum Gasteiger partial charge on any atom is -0.399 e. The standard InChI is InChI=1S/C8H8INO.C6H6IN.CH3F.FH/c1-6(11)10-8-4-2-7(9)3-5-8;7-5-1-3-6(8)4-2-5;1-2;/h2-5H,1H3,(H,10,11);1-4H,8H2;1H3;1H/i/hD. The maximum absolute atomic E-state index is 10.6. The summed E-state index contributed by atoms with van der Waals surface area (Å²) in [5.41, 5.74) is 7.09. The Morgan fingerprint density at radius 1 is 1.05 bits per heavy atom. The molecule has 122 valence electrons. The quantitative estimate of drug-likeness (QED) is 0.405. The number of carbonyl (C=O) groups excluding carboxylic acids is 1. The Hall–Kier alpha value is -0.970. The summed E-state index contributed by atoms with van der Waals surface area (Å²) in [6.07, 6.45) is 0. The molecule has 0 spiro atoms. The van der Waals surface area contributed by atoms with Gasteiger partial charge in [-0.05, 0) is 93.7 Å². The predicted octanol–water partition coefficient (Wildman–Crippen LogP) is 4.86. The highest BCUT2D eigenvalue weighted by Gasteiger charge is 1.92. The maximum Gasteiger partial charge on any atom is 0.269 e. The fourth-order valence-electron chi connectivity index (χ4n) is 1.20. The van der Waals surface area contributed by atoms with Gasteiger partial charge in [-0.1, -0.05) is 0 Å². The molecule has 0 unspecified atom stereocenters. The van der Waals surface area contributed by atoms with Crippen LogP contribution in [0.2, 0.25) is 0 Å². The van der Waals surface area contributed by atoms with E-state index in [1.165, 1.54) is 10.5 Å². The van der Waals surface area contributed by atoms with Crippen molar-refractivity contribution in [3.63, 3.8) is 0 Å². The number of anilines is 2. The van der Waals surface area contributed by atoms with Crippen LogP contribution in [0.25, 0.3) is 0 Å². The van der Waals surface area contributed by atoms with E-state index >= 15 is 0 Å². The third-order valence-electron chi connectivity index (χ3n) is 2.03. The van der Waals surface area contributed by atoms with E-state index in [0.717, 1.165) is 14.9 Å². The van der Waals surface area contributed by atoms with Crippen molar-refractivity contribution in [2.45, 2.75) is 6.92 Å². The van der Waals surface area contributed by atoms with Crippen LogP contribution in [-0.4, -0.2) is 14.5 Å². The van der Waals surface area contributed by atoms with Gasteiger partial charge in [0.1, 0.15) is 0 Å². The van der Waals surface area contributed by atoms with Gasteiger partial charge in [0.2, 0.25) is 5.91 Å². The van der Waals surface area contributed by atoms with Gasteiger partial charge in [0, 0.05) is 25.4 Å². The first-order chi connectivity index (χ1) is 11.0. The SMILES string of the molecule is CC(=O)Nc1ccc(I)cc1.CF.Nc1ccc(I)cc1.[2H]F. The van der Waals surface area contributed by atoms with E-state index in [4.69, 9.17) is 10.5 Å². The molecule has 0 aromatic heterocycles. The zero-order valence-electron chi connectivity index (χ0n) is 13.1. The molecule has 0 saturated carbocycles. The average molecular weight is 535 g/mol. The number of alkyl halides is 1. The lowest BCUT2D eigenvalue weighted by molar-refractivity contribution is -0.114. The molecule has 0 saturated heterocycles. The summed E-state index contributed by atoms with van der Waals surface area (Å²) in [4.78, 5) is 10.6. The van der Waals surface area contributed by atoms with Crippen molar-refractivity contribution in [1.82, 2.24) is 0 Å². The molecule has 0 aliphatic carbocycles. The van der Waals surface area contributed by atoms with Gasteiger partial charge >= 0.3 is 0 Å². The van der Waals surface area contributed by atoms with Gasteiger partial charge in [0.25, 0.3) is 1.45 Å². The first-order valence-corrected chi connectivity index (χ1v) is 8.05. The van der Waals surface area contributed by atoms with Crippen molar-refractivity contribution in [2.24, 2.45) is 0 Å². The number of nitrogens with one attached hydrogen (secondary N) is 1. The van der Waals surface area contributed by atoms with E-state index < -0.39 is 0 Å². The topological polar surface area (TPSA) is 55.1 Å². The Morgan fingerprint density at radius 2 is 1.41 bits per heavy atom. The Morgan fingerprint density at radius 3 is 1.73 bits per heavy atom. The third kappa shape index (κ3) is 11.7. The van der Waals surface area contributed by atoms with Crippen molar-refractivity contribution in [1.29, 1.82) is 1.45 Å². The summed E-state index contributed by atoms with van der Waals surface area (Å²) >= 11 is 4.46. The van der Waals surface area contributed by atoms with Gasteiger partial charge in [-0.25, -0.2) is 0 Å². The molecule has 0 aliphatic rings. The molecule has 0 fully saturated rings. The van der Waals surface area contributed by atoms with Crippen LogP contribution in [-0.2, 0) is 4.79 Å². The highest BCUT2D eigenvalue weighted by atomic mass is 127. The fraction of sp³-hybridized carbons (Fsp3) is 0.133. The Balaban J connectivity index is 0. The fourth-order valence-corrected chi connectivity index (χ4v) is 1.92. The molecule has 22 heavy (non-hydrogen) atoms. The molecule has 0 radical (unpaired) electrons. The molecule has 0 heterocycles. The number of benzene rings is 2. The lowest BCUT2D eigenvalue weighted by atomic mass is 10.3. The van der Waals surface area contributed by atoms with Crippen LogP contribution >= 0.6 is 45.2 Å². The Bertz CT molecular complexity index is 519. The number of carbonyl (C=O) groups is 1. The van der Waals surface area contributed by atoms with Crippen molar-refractivity contribution >= 4 is 62.5 Å². The smallest absolute Gasteiger partial charge is 0.269 e. The van der Waals surface area contributed by atoms with Gasteiger partial charge in [-0.15, -0.1) is 0 Å². The lowest BCUT2D eigenvalue weighted by Crippen LogP contribution is -2.05. The summed E-state index contributed by atoms with van der Waals surface area (Å²) in [6, 6.07) is 15.4. The second-order valence-electron chi connectivity index (χ2n) is 3.74. The van der Waals surface area contributed by atoms with Gasteiger partial charge in [-0.2, -0.15) is 0 Å². The first-order valence-electron chi connectivity index (χ1n) is 6.27. The molecule has 0 aliphatic heterocycles. The molecular formula is C15H18F2I2N2O. The van der Waals surface area contributed by atoms with Gasteiger partial charge < -0.3 is 11.1 Å². The summed E-state index contributed by atoms with van der Waals surface area (Å²) in [5, 5.41) is 2.69. The Kier molecular flexibility index (Phi) is 13.1. The molecule has 3 nitrogen and oxygen atoms in total. The molecule has 1 amide bonds. The van der Waals surface area contributed by atoms with E-state index in [-0.39, 0.29) is 5.91 Å². The van der Waals surface area contributed by atoms with Crippen molar-refractivity contribution in [3.8, 4) is 0 Å². The number of halogens is 4. The number of nitrogens with two attached hydrogens (primary N) is 1. The second-order valence-corrected chi connectivity index (χ2v) is 6.23. The molecule has 7 heteroatoms. The number of rotatable bonds is 1. The molecule has 2 rings (SSSR count). The summed E-state index contributed by atoms with van der Waals surface area (Å²) < 4.78 is 24.9. The van der Waals surface area contributed by atoms with Crippen LogP contribution in [0.3, 0.4) is 0 Å². The van der Waals surface area contributed by atoms with E-state index in [0.29, 0.717) is 7.18 Å². The molecule has 2 aromatic rings. The van der Waals surface area contributed by atoms with Crippen LogP contribution in [0, 0.1) is 7.14 Å². The van der Waals surface area contributed by atoms with Crippen LogP contribution in [0.5, 0.6) is 0 Å². The molecule has 0 atom stereocenters. The van der Waals surface area contributed by atoms with Crippen molar-refractivity contribution in [2.75, 3.05) is 18.2 Å². The predicted molar refractivity (Wildman–Crippen MR) is 107 cm³/mol. The highest BCUT2D eigenvalue weighted by Crippen LogP contribution is 2.10. The molecular weight excluding hydrogens is 516 g/mol. The summed E-state index contributed by atoms with van der Waals surface area (Å²) in [6.45, 7) is 1.50. The zero-order chi connectivity index (χ0) is 18.3. The molecule has 0 bridgehead atoms. The van der Waals surface area contributed by atoms with E-state index in [9.17, 15) is 9.18 Å². The van der Waals surface area contributed by atoms with Gasteiger partial charge in [0.15, 0.2) is 0 Å². The zero-order valence-corrected chi connectivity index (χ0v) is 16.4. The molecule has 3 N–H and O–H groups in total. The normalized spacial score (nSPS) is 8.55. The minimum atomic E-state index is -0.0359. The van der Waals surface area contributed by atoms with Gasteiger partial charge in [0.05, 0.1) is 7.18 Å². The number of amides is 1. The third-order valence-corrected chi connectivity index (χ3v) is 3.47. The number of hydrogen-bond donors (Lipinski definition) is 2. The van der Waals surface area contributed by atoms with Crippen molar-refractivity contribution in [3.05, 3.63) is 55.7 Å². The van der Waals surface area contributed by atoms with E-state index in [2.05, 4.69) is 51.9 Å². The summed E-state index contributed by atoms with van der Waals surface area (Å²) in [5.74, 6) is -0.0359. The molecule has 2 aromatic carbocycles. The van der Waals surface area contributed by atoms with Gasteiger partial charge in [-0.3, -0.25) is 13.9 Å². The average Bonchev–Trinajstić information content (AvgIpc) is 2.56. The Labute approximate surface area is 158 Å². The second kappa shape index (κ2) is 13.7. The summed E-state index contributed by atoms with van der Waals surface area (Å²) in [7, 11) is 0.500. The number of hydrogen-bond acceptors (Lipinski definition) is 2. The maximum atomic E-state index is 10.6. The van der Waals surface area contributed by atoms with E-state index in [1.807, 2.05) is 48.5 Å². The van der Waals surface area contributed by atoms with Crippen LogP contribution in [0.4, 0.5) is 20.5 Å². The van der Waals surface area contributed by atoms with Crippen molar-refractivity contribution < 1.29 is 13.9 Å². The largest absolute Gasteiger partial charge is 0.399 e. The van der Waals surface area contributed by atoms with Crippen LogP contribution < -0.4 is 11.1 Å². The highest BCUT2D eigenvalue weighted by molar-refractivity contribution is 14.1.